The number of hydrogen-bond donors (Lipinski definition) is 1. The Labute approximate surface area is 175 Å². The minimum atomic E-state index is 0.428. The first kappa shape index (κ1) is 18.3. The fourth-order valence-electron chi connectivity index (χ4n) is 3.98. The van der Waals surface area contributed by atoms with Crippen LogP contribution in [0.3, 0.4) is 0 Å². The van der Waals surface area contributed by atoms with E-state index in [2.05, 4.69) is 33.6 Å². The van der Waals surface area contributed by atoms with Crippen molar-refractivity contribution in [3.8, 4) is 5.75 Å². The number of nitrogens with one attached hydrogen (secondary N) is 1. The van der Waals surface area contributed by atoms with Crippen molar-refractivity contribution in [3.05, 3.63) is 89.0 Å². The van der Waals surface area contributed by atoms with Crippen LogP contribution in [-0.4, -0.2) is 23.2 Å². The zero-order valence-electron chi connectivity index (χ0n) is 15.9. The quantitative estimate of drug-likeness (QED) is 0.693. The van der Waals surface area contributed by atoms with Gasteiger partial charge in [-0.2, -0.15) is 0 Å². The fourth-order valence-corrected chi connectivity index (χ4v) is 4.17. The number of nitrogens with zero attached hydrogens (tertiary/aromatic N) is 3. The Morgan fingerprint density at radius 3 is 2.90 bits per heavy atom. The monoisotopic (exact) mass is 405 g/mol. The minimum Gasteiger partial charge on any atom is -0.489 e. The molecule has 0 radical (unpaired) electrons. The lowest BCUT2D eigenvalue weighted by atomic mass is 9.76. The molecule has 6 heteroatoms. The molecule has 2 aliphatic heterocycles. The third kappa shape index (κ3) is 3.65. The first-order chi connectivity index (χ1) is 14.2. The van der Waals surface area contributed by atoms with Gasteiger partial charge < -0.3 is 4.74 Å². The SMILES string of the molecule is Clc1ccccc1COc1cccc(C2CC(N[N+]34C=CN=CC3=CN=C4)C2)c1. The van der Waals surface area contributed by atoms with Crippen LogP contribution in [0.1, 0.15) is 29.9 Å². The zero-order valence-corrected chi connectivity index (χ0v) is 16.7. The van der Waals surface area contributed by atoms with Crippen LogP contribution in [0, 0.1) is 0 Å². The predicted molar refractivity (Wildman–Crippen MR) is 116 cm³/mol. The second-order valence-corrected chi connectivity index (χ2v) is 8.03. The maximum atomic E-state index is 6.22. The minimum absolute atomic E-state index is 0.428. The largest absolute Gasteiger partial charge is 0.489 e. The van der Waals surface area contributed by atoms with Crippen LogP contribution in [0.4, 0.5) is 0 Å². The van der Waals surface area contributed by atoms with E-state index < -0.39 is 0 Å². The van der Waals surface area contributed by atoms with Crippen LogP contribution in [0.2, 0.25) is 5.02 Å². The molecule has 2 aromatic rings. The number of halogens is 1. The highest BCUT2D eigenvalue weighted by molar-refractivity contribution is 6.31. The predicted octanol–water partition coefficient (Wildman–Crippen LogP) is 4.93. The molecule has 0 bridgehead atoms. The second kappa shape index (κ2) is 7.59. The van der Waals surface area contributed by atoms with Gasteiger partial charge in [0.1, 0.15) is 18.6 Å². The summed E-state index contributed by atoms with van der Waals surface area (Å²) in [5.74, 6) is 1.41. The summed E-state index contributed by atoms with van der Waals surface area (Å²) in [4.78, 5) is 8.51. The van der Waals surface area contributed by atoms with Gasteiger partial charge in [-0.15, -0.1) is 10.0 Å². The average Bonchev–Trinajstić information content (AvgIpc) is 3.14. The van der Waals surface area contributed by atoms with Crippen LogP contribution < -0.4 is 10.2 Å². The molecule has 2 aromatic carbocycles. The summed E-state index contributed by atoms with van der Waals surface area (Å²) in [6.45, 7) is 0.473. The molecule has 3 aliphatic rings. The van der Waals surface area contributed by atoms with Gasteiger partial charge in [0.2, 0.25) is 6.34 Å². The molecule has 1 unspecified atom stereocenters. The highest BCUT2D eigenvalue weighted by Gasteiger charge is 2.41. The van der Waals surface area contributed by atoms with E-state index in [1.807, 2.05) is 61.5 Å². The number of quaternary nitrogens is 1. The van der Waals surface area contributed by atoms with E-state index in [0.717, 1.165) is 34.9 Å². The zero-order chi connectivity index (χ0) is 19.7. The van der Waals surface area contributed by atoms with Crippen LogP contribution in [0.25, 0.3) is 0 Å². The van der Waals surface area contributed by atoms with Gasteiger partial charge in [-0.25, -0.2) is 4.99 Å². The standard InChI is InChI=1S/C23H22ClN4O/c24-23-7-2-1-4-18(23)15-29-22-6-3-5-17(12-22)19-10-20(11-19)27-28-9-8-25-13-21(28)14-26-16-28/h1-9,12-14,16,19-20,27H,10-11,15H2/q+1. The van der Waals surface area contributed by atoms with Crippen molar-refractivity contribution in [2.24, 2.45) is 9.98 Å². The number of aliphatic imine (C=N–C) groups is 2. The van der Waals surface area contributed by atoms with Gasteiger partial charge in [-0.05, 0) is 42.5 Å². The summed E-state index contributed by atoms with van der Waals surface area (Å²) in [6.07, 6.45) is 11.6. The molecule has 5 nitrogen and oxygen atoms in total. The molecule has 0 amide bonds. The van der Waals surface area contributed by atoms with Crippen molar-refractivity contribution < 1.29 is 9.33 Å². The molecular formula is C23H22ClN4O+. The van der Waals surface area contributed by atoms with Gasteiger partial charge in [-0.3, -0.25) is 4.99 Å². The van der Waals surface area contributed by atoms with Crippen molar-refractivity contribution in [2.75, 3.05) is 0 Å². The highest BCUT2D eigenvalue weighted by Crippen LogP contribution is 2.39. The Morgan fingerprint density at radius 2 is 2.00 bits per heavy atom. The molecule has 0 spiro atoms. The number of rotatable bonds is 6. The first-order valence-electron chi connectivity index (χ1n) is 9.80. The first-order valence-corrected chi connectivity index (χ1v) is 10.2. The van der Waals surface area contributed by atoms with Crippen LogP contribution in [0.5, 0.6) is 5.75 Å². The summed E-state index contributed by atoms with van der Waals surface area (Å²) < 4.78 is 6.44. The lowest BCUT2D eigenvalue weighted by molar-refractivity contribution is -0.788. The van der Waals surface area contributed by atoms with Crippen LogP contribution in [-0.2, 0) is 6.61 Å². The van der Waals surface area contributed by atoms with Gasteiger partial charge in [-0.1, -0.05) is 41.9 Å². The molecule has 1 fully saturated rings. The second-order valence-electron chi connectivity index (χ2n) is 7.62. The summed E-state index contributed by atoms with van der Waals surface area (Å²) in [5.41, 5.74) is 7.06. The Morgan fingerprint density at radius 1 is 1.10 bits per heavy atom. The van der Waals surface area contributed by atoms with Crippen molar-refractivity contribution in [2.45, 2.75) is 31.4 Å². The number of hydrogen-bond acceptors (Lipinski definition) is 4. The number of ether oxygens (including phenoxy) is 1. The topological polar surface area (TPSA) is 46.0 Å². The van der Waals surface area contributed by atoms with E-state index in [4.69, 9.17) is 16.3 Å². The van der Waals surface area contributed by atoms with Gasteiger partial charge in [0, 0.05) is 10.6 Å². The summed E-state index contributed by atoms with van der Waals surface area (Å²) in [6, 6.07) is 16.6. The van der Waals surface area contributed by atoms with Crippen LogP contribution >= 0.6 is 11.6 Å². The van der Waals surface area contributed by atoms with Crippen molar-refractivity contribution >= 4 is 24.2 Å². The highest BCUT2D eigenvalue weighted by atomic mass is 35.5. The third-order valence-corrected chi connectivity index (χ3v) is 6.06. The average molecular weight is 406 g/mol. The Hall–Kier alpha value is -2.73. The normalized spacial score (nSPS) is 26.7. The van der Waals surface area contributed by atoms with E-state index in [1.54, 1.807) is 0 Å². The number of allylic oxidation sites excluding steroid dienone is 1. The van der Waals surface area contributed by atoms with Gasteiger partial charge in [0.15, 0.2) is 5.70 Å². The van der Waals surface area contributed by atoms with E-state index in [9.17, 15) is 0 Å². The Balaban J connectivity index is 1.19. The smallest absolute Gasteiger partial charge is 0.219 e. The molecule has 29 heavy (non-hydrogen) atoms. The summed E-state index contributed by atoms with van der Waals surface area (Å²) in [5, 5.41) is 0.736. The van der Waals surface area contributed by atoms with Crippen molar-refractivity contribution in [3.63, 3.8) is 0 Å². The number of benzene rings is 2. The lowest BCUT2D eigenvalue weighted by Gasteiger charge is -2.40. The molecule has 1 aliphatic carbocycles. The fraction of sp³-hybridized carbons (Fsp3) is 0.217. The molecular weight excluding hydrogens is 384 g/mol. The molecule has 146 valence electrons. The Bertz CT molecular complexity index is 1040. The number of fused-ring (bicyclic) bond motifs is 1. The molecule has 5 rings (SSSR count). The molecule has 0 saturated heterocycles. The van der Waals surface area contributed by atoms with E-state index in [1.165, 1.54) is 5.56 Å². The Kier molecular flexibility index (Phi) is 4.79. The van der Waals surface area contributed by atoms with Crippen LogP contribution in [0.15, 0.2) is 82.8 Å². The molecule has 1 atom stereocenters. The maximum Gasteiger partial charge on any atom is 0.219 e. The van der Waals surface area contributed by atoms with E-state index in [0.29, 0.717) is 23.2 Å². The third-order valence-electron chi connectivity index (χ3n) is 5.69. The van der Waals surface area contributed by atoms with Gasteiger partial charge in [0.25, 0.3) is 0 Å². The molecule has 1 N–H and O–H groups in total. The summed E-state index contributed by atoms with van der Waals surface area (Å²) in [7, 11) is 0. The molecule has 1 saturated carbocycles. The van der Waals surface area contributed by atoms with Crippen molar-refractivity contribution in [1.29, 1.82) is 0 Å². The van der Waals surface area contributed by atoms with E-state index >= 15 is 0 Å². The molecule has 2 heterocycles. The van der Waals surface area contributed by atoms with Gasteiger partial charge in [0.05, 0.1) is 24.7 Å². The summed E-state index contributed by atoms with van der Waals surface area (Å²) >= 11 is 6.22. The van der Waals surface area contributed by atoms with Gasteiger partial charge >= 0.3 is 0 Å². The maximum absolute atomic E-state index is 6.22. The van der Waals surface area contributed by atoms with Crippen molar-refractivity contribution in [1.82, 2.24) is 5.43 Å². The molecule has 0 aromatic heterocycles. The lowest BCUT2D eigenvalue weighted by Crippen LogP contribution is -2.58. The van der Waals surface area contributed by atoms with E-state index in [-0.39, 0.29) is 0 Å².